The molecule has 1 fully saturated rings. The fourth-order valence-electron chi connectivity index (χ4n) is 3.57. The van der Waals surface area contributed by atoms with E-state index in [0.29, 0.717) is 11.6 Å². The van der Waals surface area contributed by atoms with Gasteiger partial charge in [0.05, 0.1) is 6.61 Å². The van der Waals surface area contributed by atoms with Crippen LogP contribution in [0.15, 0.2) is 58.5 Å². The van der Waals surface area contributed by atoms with E-state index in [-0.39, 0.29) is 18.4 Å². The number of likely N-dealkylation sites (tertiary alicyclic amines) is 1. The van der Waals surface area contributed by atoms with Crippen molar-refractivity contribution in [3.05, 3.63) is 53.6 Å². The Bertz CT molecular complexity index is 912. The lowest BCUT2D eigenvalue weighted by atomic mass is 10.2. The topological polar surface area (TPSA) is 78.5 Å². The van der Waals surface area contributed by atoms with E-state index in [0.717, 1.165) is 49.0 Å². The van der Waals surface area contributed by atoms with Crippen molar-refractivity contribution in [2.45, 2.75) is 26.1 Å². The van der Waals surface area contributed by atoms with Crippen molar-refractivity contribution in [1.29, 1.82) is 0 Å². The van der Waals surface area contributed by atoms with Crippen LogP contribution in [0.4, 0.5) is 11.4 Å². The zero-order valence-corrected chi connectivity index (χ0v) is 18.4. The van der Waals surface area contributed by atoms with Crippen LogP contribution in [0, 0.1) is 0 Å². The molecule has 3 N–H and O–H groups in total. The number of guanidine groups is 2. The molecule has 30 heavy (non-hydrogen) atoms. The Hall–Kier alpha value is -2.64. The number of hydrogen-bond donors (Lipinski definition) is 2. The van der Waals surface area contributed by atoms with E-state index < -0.39 is 6.29 Å². The van der Waals surface area contributed by atoms with Crippen LogP contribution in [-0.4, -0.2) is 42.8 Å². The number of benzene rings is 2. The van der Waals surface area contributed by atoms with E-state index in [1.165, 1.54) is 0 Å². The standard InChI is InChI=1S/C21H25ClN6O.ClH/c1-2-29-18-10-8-17(9-11-18)28-20(24-16-7-5-6-15(22)14-16)25-19(23)26-21(28)27-12-3-4-13-27;/h5-11,14,20,24H,2-4,12-13H2,1H3,(H2,23,25);1H. The number of halogens is 2. The zero-order chi connectivity index (χ0) is 20.2. The van der Waals surface area contributed by atoms with Gasteiger partial charge in [0, 0.05) is 29.5 Å². The fraction of sp³-hybridized carbons (Fsp3) is 0.333. The minimum Gasteiger partial charge on any atom is -0.494 e. The summed E-state index contributed by atoms with van der Waals surface area (Å²) in [6.07, 6.45) is 1.83. The Kier molecular flexibility index (Phi) is 7.29. The molecule has 2 aliphatic heterocycles. The third-order valence-corrected chi connectivity index (χ3v) is 5.10. The van der Waals surface area contributed by atoms with E-state index in [1.54, 1.807) is 0 Å². The van der Waals surface area contributed by atoms with Gasteiger partial charge in [0.25, 0.3) is 0 Å². The Balaban J connectivity index is 0.00000256. The maximum atomic E-state index is 6.16. The molecule has 2 aliphatic rings. The van der Waals surface area contributed by atoms with Crippen LogP contribution in [0.5, 0.6) is 5.75 Å². The van der Waals surface area contributed by atoms with Crippen LogP contribution in [-0.2, 0) is 0 Å². The average molecular weight is 449 g/mol. The summed E-state index contributed by atoms with van der Waals surface area (Å²) in [5.74, 6) is 1.89. The van der Waals surface area contributed by atoms with Crippen molar-refractivity contribution < 1.29 is 4.74 Å². The molecule has 0 amide bonds. The minimum absolute atomic E-state index is 0. The summed E-state index contributed by atoms with van der Waals surface area (Å²) in [6.45, 7) is 4.50. The number of ether oxygens (including phenoxy) is 1. The lowest BCUT2D eigenvalue weighted by Gasteiger charge is -2.38. The Morgan fingerprint density at radius 1 is 1.17 bits per heavy atom. The zero-order valence-electron chi connectivity index (χ0n) is 16.8. The van der Waals surface area contributed by atoms with Crippen LogP contribution < -0.4 is 20.7 Å². The van der Waals surface area contributed by atoms with E-state index in [2.05, 4.69) is 25.1 Å². The molecule has 0 spiro atoms. The molecule has 0 aliphatic carbocycles. The number of nitrogens with one attached hydrogen (secondary N) is 1. The van der Waals surface area contributed by atoms with Crippen molar-refractivity contribution in [3.63, 3.8) is 0 Å². The van der Waals surface area contributed by atoms with Gasteiger partial charge in [-0.1, -0.05) is 17.7 Å². The lowest BCUT2D eigenvalue weighted by Crippen LogP contribution is -2.54. The van der Waals surface area contributed by atoms with E-state index in [1.807, 2.05) is 55.5 Å². The third-order valence-electron chi connectivity index (χ3n) is 4.86. The van der Waals surface area contributed by atoms with Crippen LogP contribution in [0.1, 0.15) is 19.8 Å². The Labute approximate surface area is 188 Å². The summed E-state index contributed by atoms with van der Waals surface area (Å²) in [7, 11) is 0. The van der Waals surface area contributed by atoms with Crippen molar-refractivity contribution >= 4 is 47.3 Å². The summed E-state index contributed by atoms with van der Waals surface area (Å²) < 4.78 is 5.59. The molecular formula is C21H26Cl2N6O. The quantitative estimate of drug-likeness (QED) is 0.718. The van der Waals surface area contributed by atoms with Crippen molar-refractivity contribution in [3.8, 4) is 5.75 Å². The molecule has 1 atom stereocenters. The number of nitrogens with two attached hydrogens (primary N) is 1. The molecule has 2 heterocycles. The number of aliphatic imine (C=N–C) groups is 2. The maximum absolute atomic E-state index is 6.16. The molecule has 0 saturated carbocycles. The highest BCUT2D eigenvalue weighted by Gasteiger charge is 2.32. The molecule has 0 aromatic heterocycles. The predicted octanol–water partition coefficient (Wildman–Crippen LogP) is 4.14. The second kappa shape index (κ2) is 9.91. The number of rotatable bonds is 5. The number of nitrogens with zero attached hydrogens (tertiary/aromatic N) is 4. The van der Waals surface area contributed by atoms with E-state index in [4.69, 9.17) is 22.1 Å². The first-order valence-electron chi connectivity index (χ1n) is 9.85. The smallest absolute Gasteiger partial charge is 0.222 e. The normalized spacial score (nSPS) is 18.4. The predicted molar refractivity (Wildman–Crippen MR) is 126 cm³/mol. The van der Waals surface area contributed by atoms with Gasteiger partial charge in [-0.2, -0.15) is 4.99 Å². The SMILES string of the molecule is CCOc1ccc(N2C(N3CCCC3)=NC(N)=NC2Nc2cccc(Cl)c2)cc1.Cl. The highest BCUT2D eigenvalue weighted by molar-refractivity contribution is 6.30. The van der Waals surface area contributed by atoms with Gasteiger partial charge in [-0.3, -0.25) is 4.90 Å². The summed E-state index contributed by atoms with van der Waals surface area (Å²) in [4.78, 5) is 13.5. The van der Waals surface area contributed by atoms with Crippen LogP contribution in [0.3, 0.4) is 0 Å². The van der Waals surface area contributed by atoms with E-state index in [9.17, 15) is 0 Å². The van der Waals surface area contributed by atoms with Gasteiger partial charge in [0.15, 0.2) is 0 Å². The van der Waals surface area contributed by atoms with Gasteiger partial charge in [-0.15, -0.1) is 12.4 Å². The molecule has 2 aromatic rings. The molecule has 7 nitrogen and oxygen atoms in total. The Morgan fingerprint density at radius 2 is 1.90 bits per heavy atom. The first-order chi connectivity index (χ1) is 14.1. The molecule has 9 heteroatoms. The second-order valence-corrected chi connectivity index (χ2v) is 7.35. The van der Waals surface area contributed by atoms with Gasteiger partial charge in [0.1, 0.15) is 5.75 Å². The molecule has 2 aromatic carbocycles. The fourth-order valence-corrected chi connectivity index (χ4v) is 3.76. The molecule has 0 radical (unpaired) electrons. The summed E-state index contributed by atoms with van der Waals surface area (Å²) in [5, 5.41) is 4.09. The molecule has 4 rings (SSSR count). The van der Waals surface area contributed by atoms with Gasteiger partial charge in [-0.05, 0) is 62.2 Å². The number of anilines is 2. The van der Waals surface area contributed by atoms with Gasteiger partial charge >= 0.3 is 0 Å². The first-order valence-corrected chi connectivity index (χ1v) is 10.2. The number of hydrogen-bond acceptors (Lipinski definition) is 7. The molecular weight excluding hydrogens is 423 g/mol. The second-order valence-electron chi connectivity index (χ2n) is 6.92. The lowest BCUT2D eigenvalue weighted by molar-refractivity contribution is 0.340. The van der Waals surface area contributed by atoms with E-state index >= 15 is 0 Å². The third kappa shape index (κ3) is 4.91. The van der Waals surface area contributed by atoms with Gasteiger partial charge in [0.2, 0.25) is 18.2 Å². The van der Waals surface area contributed by atoms with Crippen molar-refractivity contribution in [2.24, 2.45) is 15.7 Å². The largest absolute Gasteiger partial charge is 0.494 e. The molecule has 1 unspecified atom stereocenters. The Morgan fingerprint density at radius 3 is 2.57 bits per heavy atom. The van der Waals surface area contributed by atoms with Gasteiger partial charge in [-0.25, -0.2) is 4.99 Å². The average Bonchev–Trinajstić information content (AvgIpc) is 3.23. The highest BCUT2D eigenvalue weighted by atomic mass is 35.5. The molecule has 0 bridgehead atoms. The van der Waals surface area contributed by atoms with Crippen LogP contribution >= 0.6 is 24.0 Å². The summed E-state index contributed by atoms with van der Waals surface area (Å²) in [6, 6.07) is 15.5. The first kappa shape index (κ1) is 22.1. The van der Waals surface area contributed by atoms with Crippen LogP contribution in [0.2, 0.25) is 5.02 Å². The van der Waals surface area contributed by atoms with Crippen molar-refractivity contribution in [2.75, 3.05) is 29.9 Å². The van der Waals surface area contributed by atoms with Crippen LogP contribution in [0.25, 0.3) is 0 Å². The highest BCUT2D eigenvalue weighted by Crippen LogP contribution is 2.28. The maximum Gasteiger partial charge on any atom is 0.222 e. The monoisotopic (exact) mass is 448 g/mol. The minimum atomic E-state index is -0.445. The molecule has 1 saturated heterocycles. The summed E-state index contributed by atoms with van der Waals surface area (Å²) in [5.41, 5.74) is 7.91. The molecule has 160 valence electrons. The van der Waals surface area contributed by atoms with Crippen molar-refractivity contribution in [1.82, 2.24) is 4.90 Å². The van der Waals surface area contributed by atoms with Gasteiger partial charge < -0.3 is 20.7 Å². The summed E-state index contributed by atoms with van der Waals surface area (Å²) >= 11 is 6.16.